The molecule has 0 aromatic rings. The maximum Gasteiger partial charge on any atom is 0.316 e. The molecule has 0 unspecified atom stereocenters. The van der Waals surface area contributed by atoms with Gasteiger partial charge in [0.1, 0.15) is 11.7 Å². The van der Waals surface area contributed by atoms with Crippen molar-refractivity contribution in [3.63, 3.8) is 0 Å². The van der Waals surface area contributed by atoms with Gasteiger partial charge < -0.3 is 4.74 Å². The molecule has 0 aliphatic carbocycles. The van der Waals surface area contributed by atoms with Crippen LogP contribution < -0.4 is 0 Å². The molecule has 0 aliphatic heterocycles. The molecule has 0 N–H and O–H groups in total. The molecule has 0 bridgehead atoms. The van der Waals surface area contributed by atoms with E-state index in [1.54, 1.807) is 0 Å². The molecule has 15 heavy (non-hydrogen) atoms. The molecule has 0 saturated carbocycles. The van der Waals surface area contributed by atoms with Crippen LogP contribution in [0.3, 0.4) is 0 Å². The average molecular weight is 217 g/mol. The Hall–Kier alpha value is -1.46. The Balaban J connectivity index is 5.01. The Morgan fingerprint density at radius 2 is 1.93 bits per heavy atom. The molecule has 0 rings (SSSR count). The number of carbonyl (C=O) groups is 2. The lowest BCUT2D eigenvalue weighted by Gasteiger charge is -2.23. The van der Waals surface area contributed by atoms with E-state index in [9.17, 15) is 19.7 Å². The van der Waals surface area contributed by atoms with Gasteiger partial charge in [-0.1, -0.05) is 0 Å². The molecule has 0 amide bonds. The average Bonchev–Trinajstić information content (AvgIpc) is 2.12. The summed E-state index contributed by atoms with van der Waals surface area (Å²) in [5, 5.41) is 10.8. The third kappa shape index (κ3) is 3.30. The summed E-state index contributed by atoms with van der Waals surface area (Å²) in [6.07, 6.45) is -0.180. The van der Waals surface area contributed by atoms with Crippen LogP contribution in [-0.2, 0) is 14.3 Å². The minimum Gasteiger partial charge on any atom is -0.469 e. The third-order valence-electron chi connectivity index (χ3n) is 2.30. The molecule has 0 saturated heterocycles. The summed E-state index contributed by atoms with van der Waals surface area (Å²) in [6.45, 7) is 3.89. The zero-order valence-electron chi connectivity index (χ0n) is 9.27. The highest BCUT2D eigenvalue weighted by molar-refractivity contribution is 5.83. The van der Waals surface area contributed by atoms with Gasteiger partial charge in [0.15, 0.2) is 0 Å². The van der Waals surface area contributed by atoms with Crippen LogP contribution in [0, 0.1) is 16.0 Å². The quantitative estimate of drug-likeness (QED) is 0.386. The highest BCUT2D eigenvalue weighted by Crippen LogP contribution is 2.25. The molecule has 0 spiro atoms. The van der Waals surface area contributed by atoms with Gasteiger partial charge in [0, 0.05) is 25.2 Å². The van der Waals surface area contributed by atoms with Gasteiger partial charge in [-0.05, 0) is 6.92 Å². The molecule has 6 nitrogen and oxygen atoms in total. The lowest BCUT2D eigenvalue weighted by molar-refractivity contribution is -0.568. The maximum atomic E-state index is 11.3. The van der Waals surface area contributed by atoms with Crippen molar-refractivity contribution < 1.29 is 19.2 Å². The van der Waals surface area contributed by atoms with Gasteiger partial charge in [-0.25, -0.2) is 0 Å². The number of esters is 1. The predicted molar refractivity (Wildman–Crippen MR) is 51.9 cm³/mol. The van der Waals surface area contributed by atoms with Crippen LogP contribution in [0.15, 0.2) is 0 Å². The van der Waals surface area contributed by atoms with E-state index >= 15 is 0 Å². The second-order valence-corrected chi connectivity index (χ2v) is 3.89. The van der Waals surface area contributed by atoms with E-state index in [0.29, 0.717) is 0 Å². The van der Waals surface area contributed by atoms with Gasteiger partial charge in [-0.15, -0.1) is 0 Å². The number of hydrogen-bond acceptors (Lipinski definition) is 5. The summed E-state index contributed by atoms with van der Waals surface area (Å²) in [5.74, 6) is -2.05. The monoisotopic (exact) mass is 217 g/mol. The highest BCUT2D eigenvalue weighted by Gasteiger charge is 2.46. The Morgan fingerprint density at radius 3 is 2.20 bits per heavy atom. The van der Waals surface area contributed by atoms with Crippen LogP contribution in [-0.4, -0.2) is 29.3 Å². The summed E-state index contributed by atoms with van der Waals surface area (Å²) < 4.78 is 4.45. The number of hydrogen-bond donors (Lipinski definition) is 0. The molecule has 0 aliphatic rings. The summed E-state index contributed by atoms with van der Waals surface area (Å²) in [4.78, 5) is 32.4. The lowest BCUT2D eigenvalue weighted by atomic mass is 9.84. The first-order valence-corrected chi connectivity index (χ1v) is 4.45. The van der Waals surface area contributed by atoms with Gasteiger partial charge in [0.2, 0.25) is 5.54 Å². The molecule has 0 heterocycles. The highest BCUT2D eigenvalue weighted by atomic mass is 16.6. The van der Waals surface area contributed by atoms with Crippen molar-refractivity contribution in [2.75, 3.05) is 7.11 Å². The zero-order chi connectivity index (χ0) is 12.2. The van der Waals surface area contributed by atoms with Gasteiger partial charge >= 0.3 is 5.97 Å². The fraction of sp³-hybridized carbons (Fsp3) is 0.778. The van der Waals surface area contributed by atoms with Gasteiger partial charge in [0.25, 0.3) is 0 Å². The van der Waals surface area contributed by atoms with Crippen LogP contribution in [0.1, 0.15) is 27.2 Å². The number of carbonyl (C=O) groups excluding carboxylic acids is 2. The largest absolute Gasteiger partial charge is 0.469 e. The van der Waals surface area contributed by atoms with Crippen LogP contribution >= 0.6 is 0 Å². The fourth-order valence-corrected chi connectivity index (χ4v) is 1.18. The zero-order valence-corrected chi connectivity index (χ0v) is 9.27. The van der Waals surface area contributed by atoms with E-state index in [-0.39, 0.29) is 12.2 Å². The molecule has 0 fully saturated rings. The number of Topliss-reactive ketones (excluding diaryl/α,β-unsaturated/α-hetero) is 1. The van der Waals surface area contributed by atoms with Crippen molar-refractivity contribution in [2.45, 2.75) is 32.7 Å². The first-order chi connectivity index (χ1) is 6.73. The number of rotatable bonds is 5. The number of ketones is 1. The number of nitrogens with zero attached hydrogens (tertiary/aromatic N) is 1. The van der Waals surface area contributed by atoms with Crippen LogP contribution in [0.2, 0.25) is 0 Å². The minimum absolute atomic E-state index is 0.180. The summed E-state index contributed by atoms with van der Waals surface area (Å²) in [5.41, 5.74) is -1.50. The number of nitro groups is 1. The standard InChI is InChI=1S/C9H15NO5/c1-6(11)5-7(8(12)15-4)9(2,3)10(13)14/h7H,5H2,1-4H3/t7-/m1/s1. The lowest BCUT2D eigenvalue weighted by Crippen LogP contribution is -2.45. The molecular formula is C9H15NO5. The first-order valence-electron chi connectivity index (χ1n) is 4.45. The van der Waals surface area contributed by atoms with E-state index in [0.717, 1.165) is 7.11 Å². The van der Waals surface area contributed by atoms with Gasteiger partial charge in [-0.3, -0.25) is 19.7 Å². The Morgan fingerprint density at radius 1 is 1.47 bits per heavy atom. The summed E-state index contributed by atoms with van der Waals surface area (Å²) in [7, 11) is 1.14. The van der Waals surface area contributed by atoms with Gasteiger partial charge in [-0.2, -0.15) is 0 Å². The molecule has 86 valence electrons. The topological polar surface area (TPSA) is 86.5 Å². The first kappa shape index (κ1) is 13.5. The second-order valence-electron chi connectivity index (χ2n) is 3.89. The van der Waals surface area contributed by atoms with Crippen molar-refractivity contribution in [3.8, 4) is 0 Å². The SMILES string of the molecule is COC(=O)[C@@H](CC(C)=O)C(C)(C)[N+](=O)[O-]. The normalized spacial score (nSPS) is 13.1. The number of ether oxygens (including phenoxy) is 1. The molecule has 6 heteroatoms. The summed E-state index contributed by atoms with van der Waals surface area (Å²) in [6, 6.07) is 0. The van der Waals surface area contributed by atoms with E-state index in [1.807, 2.05) is 0 Å². The fourth-order valence-electron chi connectivity index (χ4n) is 1.18. The third-order valence-corrected chi connectivity index (χ3v) is 2.30. The molecule has 0 radical (unpaired) electrons. The summed E-state index contributed by atoms with van der Waals surface area (Å²) >= 11 is 0. The molecular weight excluding hydrogens is 202 g/mol. The molecule has 0 aromatic heterocycles. The Labute approximate surface area is 87.7 Å². The minimum atomic E-state index is -1.50. The molecule has 0 aromatic carbocycles. The predicted octanol–water partition coefficient (Wildman–Crippen LogP) is 0.810. The van der Waals surface area contributed by atoms with Crippen molar-refractivity contribution in [3.05, 3.63) is 10.1 Å². The smallest absolute Gasteiger partial charge is 0.316 e. The van der Waals surface area contributed by atoms with Crippen molar-refractivity contribution in [2.24, 2.45) is 5.92 Å². The van der Waals surface area contributed by atoms with E-state index in [4.69, 9.17) is 0 Å². The number of methoxy groups -OCH3 is 1. The van der Waals surface area contributed by atoms with Crippen molar-refractivity contribution in [1.29, 1.82) is 0 Å². The van der Waals surface area contributed by atoms with Crippen LogP contribution in [0.5, 0.6) is 0 Å². The maximum absolute atomic E-state index is 11.3. The van der Waals surface area contributed by atoms with Crippen molar-refractivity contribution >= 4 is 11.8 Å². The Bertz CT molecular complexity index is 284. The Kier molecular flexibility index (Phi) is 4.39. The van der Waals surface area contributed by atoms with E-state index in [1.165, 1.54) is 20.8 Å². The van der Waals surface area contributed by atoms with Gasteiger partial charge in [0.05, 0.1) is 7.11 Å². The van der Waals surface area contributed by atoms with E-state index < -0.39 is 22.3 Å². The van der Waals surface area contributed by atoms with Crippen molar-refractivity contribution in [1.82, 2.24) is 0 Å². The van der Waals surface area contributed by atoms with E-state index in [2.05, 4.69) is 4.74 Å². The second kappa shape index (κ2) is 4.86. The molecule has 1 atom stereocenters. The van der Waals surface area contributed by atoms with Crippen LogP contribution in [0.25, 0.3) is 0 Å². The van der Waals surface area contributed by atoms with Crippen LogP contribution in [0.4, 0.5) is 0 Å².